The van der Waals surface area contributed by atoms with Crippen molar-refractivity contribution >= 4 is 11.0 Å². The van der Waals surface area contributed by atoms with Crippen molar-refractivity contribution in [1.82, 2.24) is 9.55 Å². The molecule has 1 aromatic heterocycles. The first-order chi connectivity index (χ1) is 12.4. The minimum atomic E-state index is -2.89. The summed E-state index contributed by atoms with van der Waals surface area (Å²) in [5.74, 6) is -3.08. The summed E-state index contributed by atoms with van der Waals surface area (Å²) in [6.45, 7) is -1.15. The fraction of sp³-hybridized carbons (Fsp3) is 0.529. The molecule has 0 amide bonds. The number of halogens is 4. The third-order valence-corrected chi connectivity index (χ3v) is 4.41. The number of nitrogens with zero attached hydrogens (tertiary/aromatic N) is 3. The van der Waals surface area contributed by atoms with Gasteiger partial charge in [0.15, 0.2) is 17.4 Å². The number of rotatable bonds is 5. The second-order valence-corrected chi connectivity index (χ2v) is 6.17. The molecule has 0 N–H and O–H groups in total. The molecule has 1 heterocycles. The Balaban J connectivity index is 2.06. The highest BCUT2D eigenvalue weighted by Crippen LogP contribution is 2.36. The zero-order chi connectivity index (χ0) is 18.8. The molecule has 0 aliphatic heterocycles. The molecule has 26 heavy (non-hydrogen) atoms. The minimum absolute atomic E-state index is 0.0135. The Bertz CT molecular complexity index is 854. The summed E-state index contributed by atoms with van der Waals surface area (Å²) in [6, 6.07) is 1.47. The van der Waals surface area contributed by atoms with E-state index in [9.17, 15) is 17.6 Å². The van der Waals surface area contributed by atoms with Crippen LogP contribution in [0.1, 0.15) is 37.7 Å². The molecule has 1 aliphatic rings. The molecule has 0 bridgehead atoms. The minimum Gasteiger partial charge on any atom is -0.483 e. The topological polar surface area (TPSA) is 60.1 Å². The molecule has 1 aliphatic carbocycles. The van der Waals surface area contributed by atoms with E-state index in [2.05, 4.69) is 9.72 Å². The molecule has 0 radical (unpaired) electrons. The van der Waals surface area contributed by atoms with E-state index in [0.29, 0.717) is 0 Å². The largest absolute Gasteiger partial charge is 0.483 e. The van der Waals surface area contributed by atoms with E-state index < -0.39 is 41.5 Å². The lowest BCUT2D eigenvalue weighted by Crippen LogP contribution is -2.21. The van der Waals surface area contributed by atoms with E-state index in [1.165, 1.54) is 17.7 Å². The number of fused-ring (bicyclic) bond motifs is 1. The standard InChI is InChI=1S/C17H17F4N3O2/c1-24-15-13(21)16(25-8-11(18)19)10(7-22)12(20)14(15)23-17(24)26-9-5-3-2-4-6-9/h9,11H,2-6,8H2,1H3. The van der Waals surface area contributed by atoms with Crippen LogP contribution in [0.2, 0.25) is 0 Å². The van der Waals surface area contributed by atoms with Crippen LogP contribution in [0, 0.1) is 23.0 Å². The number of ether oxygens (including phenoxy) is 2. The summed E-state index contributed by atoms with van der Waals surface area (Å²) in [7, 11) is 1.43. The van der Waals surface area contributed by atoms with Crippen LogP contribution in [0.3, 0.4) is 0 Å². The highest BCUT2D eigenvalue weighted by atomic mass is 19.3. The lowest BCUT2D eigenvalue weighted by Gasteiger charge is -2.22. The molecule has 140 valence electrons. The van der Waals surface area contributed by atoms with Gasteiger partial charge in [0.05, 0.1) is 0 Å². The predicted molar refractivity (Wildman–Crippen MR) is 84.3 cm³/mol. The highest BCUT2D eigenvalue weighted by molar-refractivity contribution is 5.82. The quantitative estimate of drug-likeness (QED) is 0.743. The van der Waals surface area contributed by atoms with Crippen LogP contribution >= 0.6 is 0 Å². The van der Waals surface area contributed by atoms with Crippen LogP contribution in [0.15, 0.2) is 0 Å². The molecule has 0 unspecified atom stereocenters. The number of benzene rings is 1. The Morgan fingerprint density at radius 3 is 2.54 bits per heavy atom. The van der Waals surface area contributed by atoms with Crippen molar-refractivity contribution in [2.45, 2.75) is 44.6 Å². The summed E-state index contributed by atoms with van der Waals surface area (Å²) < 4.78 is 65.8. The fourth-order valence-corrected chi connectivity index (χ4v) is 3.14. The molecular formula is C17H17F4N3O2. The van der Waals surface area contributed by atoms with Gasteiger partial charge in [0.25, 0.3) is 12.4 Å². The summed E-state index contributed by atoms with van der Waals surface area (Å²) in [4.78, 5) is 3.98. The van der Waals surface area contributed by atoms with Gasteiger partial charge in [0.2, 0.25) is 0 Å². The number of alkyl halides is 2. The molecule has 0 saturated heterocycles. The number of nitriles is 1. The lowest BCUT2D eigenvalue weighted by atomic mass is 9.98. The molecular weight excluding hydrogens is 354 g/mol. The second kappa shape index (κ2) is 7.40. The van der Waals surface area contributed by atoms with E-state index in [4.69, 9.17) is 10.00 Å². The van der Waals surface area contributed by atoms with Gasteiger partial charge in [-0.3, -0.25) is 4.57 Å². The molecule has 1 fully saturated rings. The highest BCUT2D eigenvalue weighted by Gasteiger charge is 2.28. The normalized spacial score (nSPS) is 15.4. The predicted octanol–water partition coefficient (Wildman–Crippen LogP) is 4.08. The molecule has 1 saturated carbocycles. The summed E-state index contributed by atoms with van der Waals surface area (Å²) in [5, 5.41) is 9.10. The van der Waals surface area contributed by atoms with E-state index in [-0.39, 0.29) is 17.6 Å². The van der Waals surface area contributed by atoms with Gasteiger partial charge in [-0.05, 0) is 25.7 Å². The van der Waals surface area contributed by atoms with Gasteiger partial charge in [-0.25, -0.2) is 17.6 Å². The van der Waals surface area contributed by atoms with Crippen LogP contribution in [0.5, 0.6) is 11.8 Å². The lowest BCUT2D eigenvalue weighted by molar-refractivity contribution is 0.0797. The molecule has 5 nitrogen and oxygen atoms in total. The first-order valence-electron chi connectivity index (χ1n) is 8.29. The molecule has 0 atom stereocenters. The van der Waals surface area contributed by atoms with E-state index in [0.717, 1.165) is 32.1 Å². The smallest absolute Gasteiger partial charge is 0.297 e. The van der Waals surface area contributed by atoms with Gasteiger partial charge in [-0.15, -0.1) is 0 Å². The van der Waals surface area contributed by atoms with Crippen molar-refractivity contribution in [3.63, 3.8) is 0 Å². The van der Waals surface area contributed by atoms with Gasteiger partial charge in [-0.2, -0.15) is 10.2 Å². The van der Waals surface area contributed by atoms with E-state index >= 15 is 0 Å². The van der Waals surface area contributed by atoms with Crippen molar-refractivity contribution in [2.24, 2.45) is 7.05 Å². The van der Waals surface area contributed by atoms with E-state index in [1.54, 1.807) is 0 Å². The first kappa shape index (κ1) is 18.3. The Labute approximate surface area is 147 Å². The van der Waals surface area contributed by atoms with Crippen LogP contribution in [-0.2, 0) is 7.05 Å². The van der Waals surface area contributed by atoms with Gasteiger partial charge in [0.1, 0.15) is 35.4 Å². The van der Waals surface area contributed by atoms with Crippen molar-refractivity contribution in [2.75, 3.05) is 6.61 Å². The maximum atomic E-state index is 14.8. The average molecular weight is 371 g/mol. The van der Waals surface area contributed by atoms with Crippen molar-refractivity contribution < 1.29 is 27.0 Å². The fourth-order valence-electron chi connectivity index (χ4n) is 3.14. The SMILES string of the molecule is Cn1c(OC2CCCCC2)nc2c(F)c(C#N)c(OCC(F)F)c(F)c21. The third kappa shape index (κ3) is 3.28. The van der Waals surface area contributed by atoms with Crippen molar-refractivity contribution in [3.05, 3.63) is 17.2 Å². The van der Waals surface area contributed by atoms with Gasteiger partial charge in [-0.1, -0.05) is 6.42 Å². The zero-order valence-electron chi connectivity index (χ0n) is 14.1. The summed E-state index contributed by atoms with van der Waals surface area (Å²) >= 11 is 0. The monoisotopic (exact) mass is 371 g/mol. The van der Waals surface area contributed by atoms with Crippen LogP contribution in [0.4, 0.5) is 17.6 Å². The second-order valence-electron chi connectivity index (χ2n) is 6.17. The maximum Gasteiger partial charge on any atom is 0.297 e. The Morgan fingerprint density at radius 1 is 1.23 bits per heavy atom. The number of hydrogen-bond donors (Lipinski definition) is 0. The number of aryl methyl sites for hydroxylation is 1. The third-order valence-electron chi connectivity index (χ3n) is 4.41. The van der Waals surface area contributed by atoms with Gasteiger partial charge >= 0.3 is 0 Å². The Kier molecular flexibility index (Phi) is 5.20. The van der Waals surface area contributed by atoms with Gasteiger partial charge in [0, 0.05) is 7.05 Å². The summed E-state index contributed by atoms with van der Waals surface area (Å²) in [6.07, 6.45) is 1.76. The number of aromatic nitrogens is 2. The maximum absolute atomic E-state index is 14.8. The van der Waals surface area contributed by atoms with Crippen molar-refractivity contribution in [3.8, 4) is 17.8 Å². The average Bonchev–Trinajstić information content (AvgIpc) is 2.94. The zero-order valence-corrected chi connectivity index (χ0v) is 14.1. The molecule has 9 heteroatoms. The van der Waals surface area contributed by atoms with Crippen LogP contribution < -0.4 is 9.47 Å². The first-order valence-corrected chi connectivity index (χ1v) is 8.29. The Morgan fingerprint density at radius 2 is 1.92 bits per heavy atom. The molecule has 3 rings (SSSR count). The van der Waals surface area contributed by atoms with Crippen molar-refractivity contribution in [1.29, 1.82) is 5.26 Å². The van der Waals surface area contributed by atoms with Gasteiger partial charge < -0.3 is 9.47 Å². The molecule has 2 aromatic rings. The van der Waals surface area contributed by atoms with Crippen LogP contribution in [-0.4, -0.2) is 28.7 Å². The summed E-state index contributed by atoms with van der Waals surface area (Å²) in [5.41, 5.74) is -1.48. The van der Waals surface area contributed by atoms with Crippen LogP contribution in [0.25, 0.3) is 11.0 Å². The molecule has 1 aromatic carbocycles. The Hall–Kier alpha value is -2.50. The number of hydrogen-bond acceptors (Lipinski definition) is 4. The number of imidazole rings is 1. The van der Waals surface area contributed by atoms with E-state index in [1.807, 2.05) is 0 Å². The molecule has 0 spiro atoms.